The maximum absolute atomic E-state index is 10.2. The van der Waals surface area contributed by atoms with E-state index in [4.69, 9.17) is 5.11 Å². The van der Waals surface area contributed by atoms with E-state index in [1.165, 1.54) is 0 Å². The van der Waals surface area contributed by atoms with Gasteiger partial charge >= 0.3 is 5.97 Å². The molecule has 0 aromatic heterocycles. The first-order valence-corrected chi connectivity index (χ1v) is 4.25. The number of carboxylic acids is 1. The topological polar surface area (TPSA) is 37.3 Å². The molecule has 1 atom stereocenters. The van der Waals surface area contributed by atoms with E-state index in [1.54, 1.807) is 0 Å². The van der Waals surface area contributed by atoms with Crippen LogP contribution in [0.1, 0.15) is 40.0 Å². The standard InChI is InChI=1S/C9H18O2/c1-7(2)8(3)5-4-6-9(10)11/h7-8H,4-6H2,1-3H3,(H,10,11). The summed E-state index contributed by atoms with van der Waals surface area (Å²) in [6.07, 6.45) is 2.16. The molecule has 0 bridgehead atoms. The second-order valence-electron chi connectivity index (χ2n) is 3.51. The Kier molecular flexibility index (Phi) is 4.92. The van der Waals surface area contributed by atoms with Crippen LogP contribution in [0.15, 0.2) is 0 Å². The van der Waals surface area contributed by atoms with Gasteiger partial charge in [0, 0.05) is 6.42 Å². The van der Waals surface area contributed by atoms with E-state index in [9.17, 15) is 4.79 Å². The van der Waals surface area contributed by atoms with Crippen LogP contribution < -0.4 is 0 Å². The average molecular weight is 158 g/mol. The molecule has 0 aliphatic rings. The predicted molar refractivity (Wildman–Crippen MR) is 45.5 cm³/mol. The number of rotatable bonds is 5. The lowest BCUT2D eigenvalue weighted by molar-refractivity contribution is -0.137. The van der Waals surface area contributed by atoms with Gasteiger partial charge in [0.05, 0.1) is 0 Å². The SMILES string of the molecule is CC(C)C(C)CCCC(=O)O. The zero-order chi connectivity index (χ0) is 8.85. The quantitative estimate of drug-likeness (QED) is 0.667. The lowest BCUT2D eigenvalue weighted by Crippen LogP contribution is -2.04. The molecule has 11 heavy (non-hydrogen) atoms. The van der Waals surface area contributed by atoms with Crippen molar-refractivity contribution in [2.24, 2.45) is 11.8 Å². The third kappa shape index (κ3) is 5.89. The molecule has 1 N–H and O–H groups in total. The fraction of sp³-hybridized carbons (Fsp3) is 0.889. The summed E-state index contributed by atoms with van der Waals surface area (Å²) in [5.74, 6) is 0.638. The maximum Gasteiger partial charge on any atom is 0.303 e. The van der Waals surface area contributed by atoms with Crippen LogP contribution in [0, 0.1) is 11.8 Å². The second kappa shape index (κ2) is 5.16. The molecule has 0 aromatic rings. The number of carboxylic acid groups (broad SMARTS) is 1. The van der Waals surface area contributed by atoms with Crippen molar-refractivity contribution in [3.63, 3.8) is 0 Å². The molecule has 0 heterocycles. The van der Waals surface area contributed by atoms with Crippen LogP contribution in [0.2, 0.25) is 0 Å². The summed E-state index contributed by atoms with van der Waals surface area (Å²) in [4.78, 5) is 10.2. The molecular formula is C9H18O2. The Labute approximate surface area is 68.6 Å². The Morgan fingerprint density at radius 3 is 2.27 bits per heavy atom. The van der Waals surface area contributed by atoms with Crippen molar-refractivity contribution in [1.29, 1.82) is 0 Å². The van der Waals surface area contributed by atoms with Gasteiger partial charge in [0.1, 0.15) is 0 Å². The first-order chi connectivity index (χ1) is 5.04. The molecule has 0 saturated carbocycles. The summed E-state index contributed by atoms with van der Waals surface area (Å²) in [7, 11) is 0. The first-order valence-electron chi connectivity index (χ1n) is 4.25. The minimum absolute atomic E-state index is 0.317. The van der Waals surface area contributed by atoms with Crippen molar-refractivity contribution in [3.05, 3.63) is 0 Å². The van der Waals surface area contributed by atoms with Crippen molar-refractivity contribution in [1.82, 2.24) is 0 Å². The number of hydrogen-bond donors (Lipinski definition) is 1. The van der Waals surface area contributed by atoms with Gasteiger partial charge in [0.2, 0.25) is 0 Å². The third-order valence-electron chi connectivity index (χ3n) is 2.19. The highest BCUT2D eigenvalue weighted by atomic mass is 16.4. The van der Waals surface area contributed by atoms with Crippen LogP contribution in [0.25, 0.3) is 0 Å². The van der Waals surface area contributed by atoms with Crippen LogP contribution in [0.5, 0.6) is 0 Å². The van der Waals surface area contributed by atoms with Gasteiger partial charge in [0.15, 0.2) is 0 Å². The predicted octanol–water partition coefficient (Wildman–Crippen LogP) is 2.53. The van der Waals surface area contributed by atoms with Gasteiger partial charge in [-0.2, -0.15) is 0 Å². The summed E-state index contributed by atoms with van der Waals surface area (Å²) < 4.78 is 0. The molecule has 0 radical (unpaired) electrons. The highest BCUT2D eigenvalue weighted by Crippen LogP contribution is 2.16. The molecule has 0 saturated heterocycles. The molecule has 1 unspecified atom stereocenters. The lowest BCUT2D eigenvalue weighted by Gasteiger charge is -2.13. The minimum atomic E-state index is -0.680. The van der Waals surface area contributed by atoms with Crippen molar-refractivity contribution >= 4 is 5.97 Å². The van der Waals surface area contributed by atoms with Crippen LogP contribution in [-0.2, 0) is 4.79 Å². The molecule has 2 heteroatoms. The highest BCUT2D eigenvalue weighted by molar-refractivity contribution is 5.66. The van der Waals surface area contributed by atoms with Crippen LogP contribution in [0.3, 0.4) is 0 Å². The Balaban J connectivity index is 3.31. The number of aliphatic carboxylic acids is 1. The van der Waals surface area contributed by atoms with Crippen LogP contribution in [0.4, 0.5) is 0 Å². The second-order valence-corrected chi connectivity index (χ2v) is 3.51. The molecule has 0 aliphatic carbocycles. The summed E-state index contributed by atoms with van der Waals surface area (Å²) in [6.45, 7) is 6.52. The highest BCUT2D eigenvalue weighted by Gasteiger charge is 2.07. The number of carbonyl (C=O) groups is 1. The Morgan fingerprint density at radius 1 is 1.36 bits per heavy atom. The molecule has 0 spiro atoms. The molecule has 0 rings (SSSR count). The van der Waals surface area contributed by atoms with Crippen LogP contribution >= 0.6 is 0 Å². The summed E-state index contributed by atoms with van der Waals surface area (Å²) in [5.41, 5.74) is 0. The van der Waals surface area contributed by atoms with E-state index in [0.717, 1.165) is 12.8 Å². The van der Waals surface area contributed by atoms with E-state index in [2.05, 4.69) is 20.8 Å². The van der Waals surface area contributed by atoms with Crippen molar-refractivity contribution in [2.45, 2.75) is 40.0 Å². The maximum atomic E-state index is 10.2. The molecule has 0 aromatic carbocycles. The zero-order valence-corrected chi connectivity index (χ0v) is 7.63. The zero-order valence-electron chi connectivity index (χ0n) is 7.63. The largest absolute Gasteiger partial charge is 0.481 e. The lowest BCUT2D eigenvalue weighted by atomic mass is 9.93. The van der Waals surface area contributed by atoms with E-state index in [0.29, 0.717) is 18.3 Å². The van der Waals surface area contributed by atoms with Gasteiger partial charge < -0.3 is 5.11 Å². The molecule has 0 fully saturated rings. The fourth-order valence-electron chi connectivity index (χ4n) is 0.909. The Bertz CT molecular complexity index is 119. The average Bonchev–Trinajstić information content (AvgIpc) is 1.86. The van der Waals surface area contributed by atoms with Gasteiger partial charge in [-0.1, -0.05) is 20.8 Å². The summed E-state index contributed by atoms with van der Waals surface area (Å²) >= 11 is 0. The minimum Gasteiger partial charge on any atom is -0.481 e. The van der Waals surface area contributed by atoms with Gasteiger partial charge in [0.25, 0.3) is 0 Å². The summed E-state index contributed by atoms with van der Waals surface area (Å²) in [5, 5.41) is 8.36. The monoisotopic (exact) mass is 158 g/mol. The van der Waals surface area contributed by atoms with Crippen LogP contribution in [-0.4, -0.2) is 11.1 Å². The summed E-state index contributed by atoms with van der Waals surface area (Å²) in [6, 6.07) is 0. The van der Waals surface area contributed by atoms with Gasteiger partial charge in [-0.15, -0.1) is 0 Å². The fourth-order valence-corrected chi connectivity index (χ4v) is 0.909. The van der Waals surface area contributed by atoms with E-state index in [-0.39, 0.29) is 0 Å². The van der Waals surface area contributed by atoms with E-state index in [1.807, 2.05) is 0 Å². The Hall–Kier alpha value is -0.530. The molecular weight excluding hydrogens is 140 g/mol. The smallest absolute Gasteiger partial charge is 0.303 e. The molecule has 0 aliphatic heterocycles. The number of hydrogen-bond acceptors (Lipinski definition) is 1. The molecule has 0 amide bonds. The van der Waals surface area contributed by atoms with E-state index < -0.39 is 5.97 Å². The Morgan fingerprint density at radius 2 is 1.91 bits per heavy atom. The van der Waals surface area contributed by atoms with E-state index >= 15 is 0 Å². The molecule has 2 nitrogen and oxygen atoms in total. The molecule has 66 valence electrons. The van der Waals surface area contributed by atoms with Gasteiger partial charge in [-0.25, -0.2) is 0 Å². The third-order valence-corrected chi connectivity index (χ3v) is 2.19. The van der Waals surface area contributed by atoms with Crippen molar-refractivity contribution < 1.29 is 9.90 Å². The van der Waals surface area contributed by atoms with Gasteiger partial charge in [-0.3, -0.25) is 4.79 Å². The van der Waals surface area contributed by atoms with Crippen molar-refractivity contribution in [2.75, 3.05) is 0 Å². The normalized spacial score (nSPS) is 13.5. The first kappa shape index (κ1) is 10.5. The van der Waals surface area contributed by atoms with Gasteiger partial charge in [-0.05, 0) is 24.7 Å². The van der Waals surface area contributed by atoms with Crippen molar-refractivity contribution in [3.8, 4) is 0 Å².